The average molecular weight is 282 g/mol. The van der Waals surface area contributed by atoms with Crippen molar-refractivity contribution in [2.24, 2.45) is 0 Å². The molecular formula is C13H18N2O3S. The van der Waals surface area contributed by atoms with Gasteiger partial charge in [0.05, 0.1) is 0 Å². The summed E-state index contributed by atoms with van der Waals surface area (Å²) in [7, 11) is 3.58. The zero-order chi connectivity index (χ0) is 14.3. The molecule has 0 radical (unpaired) electrons. The molecule has 1 rings (SSSR count). The minimum absolute atomic E-state index is 0.0307. The van der Waals surface area contributed by atoms with Gasteiger partial charge in [0.1, 0.15) is 0 Å². The van der Waals surface area contributed by atoms with Crippen LogP contribution >= 0.6 is 11.3 Å². The highest BCUT2D eigenvalue weighted by atomic mass is 32.1. The van der Waals surface area contributed by atoms with Crippen molar-refractivity contribution in [3.8, 4) is 0 Å². The fraction of sp³-hybridized carbons (Fsp3) is 0.385. The number of thiophene rings is 1. The van der Waals surface area contributed by atoms with E-state index in [1.807, 2.05) is 19.2 Å². The second-order valence-electron chi connectivity index (χ2n) is 4.14. The van der Waals surface area contributed by atoms with Crippen LogP contribution in [0.25, 0.3) is 6.08 Å². The Morgan fingerprint density at radius 2 is 2.21 bits per heavy atom. The van der Waals surface area contributed by atoms with E-state index in [0.29, 0.717) is 13.0 Å². The first-order valence-corrected chi connectivity index (χ1v) is 6.71. The summed E-state index contributed by atoms with van der Waals surface area (Å²) in [5, 5.41) is 11.1. The monoisotopic (exact) mass is 282 g/mol. The van der Waals surface area contributed by atoms with E-state index in [1.165, 1.54) is 0 Å². The summed E-state index contributed by atoms with van der Waals surface area (Å²) in [5.74, 6) is -0.916. The molecule has 0 atom stereocenters. The molecule has 0 spiro atoms. The number of nitrogens with one attached hydrogen (secondary N) is 1. The number of carboxylic acids is 1. The molecule has 0 saturated heterocycles. The summed E-state index contributed by atoms with van der Waals surface area (Å²) < 4.78 is 0. The van der Waals surface area contributed by atoms with Gasteiger partial charge in [0, 0.05) is 42.4 Å². The lowest BCUT2D eigenvalue weighted by Crippen LogP contribution is -2.26. The molecular weight excluding hydrogens is 264 g/mol. The van der Waals surface area contributed by atoms with E-state index in [-0.39, 0.29) is 5.91 Å². The maximum Gasteiger partial charge on any atom is 0.328 e. The van der Waals surface area contributed by atoms with Crippen LogP contribution in [0.4, 0.5) is 0 Å². The molecule has 6 heteroatoms. The van der Waals surface area contributed by atoms with Gasteiger partial charge < -0.3 is 15.3 Å². The highest BCUT2D eigenvalue weighted by molar-refractivity contribution is 7.12. The van der Waals surface area contributed by atoms with E-state index in [4.69, 9.17) is 5.11 Å². The van der Waals surface area contributed by atoms with Crippen LogP contribution in [-0.2, 0) is 16.1 Å². The second kappa shape index (κ2) is 7.70. The van der Waals surface area contributed by atoms with Gasteiger partial charge in [-0.05, 0) is 25.3 Å². The Morgan fingerprint density at radius 3 is 2.84 bits per heavy atom. The summed E-state index contributed by atoms with van der Waals surface area (Å²) in [6, 6.07) is 3.87. The number of carboxylic acid groups (broad SMARTS) is 1. The van der Waals surface area contributed by atoms with Crippen LogP contribution in [-0.4, -0.2) is 42.5 Å². The van der Waals surface area contributed by atoms with Gasteiger partial charge in [0.15, 0.2) is 0 Å². The Kier molecular flexibility index (Phi) is 6.24. The summed E-state index contributed by atoms with van der Waals surface area (Å²) in [6.45, 7) is 1.44. The summed E-state index contributed by atoms with van der Waals surface area (Å²) in [5.41, 5.74) is 0. The normalized spacial score (nSPS) is 11.1. The molecule has 1 aromatic heterocycles. The number of hydrogen-bond donors (Lipinski definition) is 2. The number of carbonyl (C=O) groups is 2. The molecule has 5 nitrogen and oxygen atoms in total. The predicted octanol–water partition coefficient (Wildman–Crippen LogP) is 1.41. The first-order valence-electron chi connectivity index (χ1n) is 5.90. The maximum absolute atomic E-state index is 11.1. The van der Waals surface area contributed by atoms with Crippen LogP contribution in [0.1, 0.15) is 16.2 Å². The van der Waals surface area contributed by atoms with Crippen LogP contribution in [0, 0.1) is 0 Å². The molecule has 0 aromatic carbocycles. The standard InChI is InChI=1S/C13H18N2O3S/c1-14-12(16)7-8-15(2)9-11-4-3-10(19-11)5-6-13(17)18/h3-6H,7-9H2,1-2H3,(H,14,16)(H,17,18)/b6-5+. The van der Waals surface area contributed by atoms with Gasteiger partial charge in [0.2, 0.25) is 5.91 Å². The Balaban J connectivity index is 2.44. The second-order valence-corrected chi connectivity index (χ2v) is 5.34. The molecule has 0 bridgehead atoms. The fourth-order valence-electron chi connectivity index (χ4n) is 1.48. The van der Waals surface area contributed by atoms with Crippen LogP contribution in [0.2, 0.25) is 0 Å². The topological polar surface area (TPSA) is 69.6 Å². The average Bonchev–Trinajstić information content (AvgIpc) is 2.81. The molecule has 19 heavy (non-hydrogen) atoms. The smallest absolute Gasteiger partial charge is 0.328 e. The molecule has 1 aromatic rings. The molecule has 0 saturated carbocycles. The molecule has 0 unspecified atom stereocenters. The first-order chi connectivity index (χ1) is 9.01. The van der Waals surface area contributed by atoms with Crippen molar-refractivity contribution in [1.82, 2.24) is 10.2 Å². The Morgan fingerprint density at radius 1 is 1.47 bits per heavy atom. The van der Waals surface area contributed by atoms with Crippen molar-refractivity contribution in [1.29, 1.82) is 0 Å². The van der Waals surface area contributed by atoms with Crippen molar-refractivity contribution in [2.75, 3.05) is 20.6 Å². The Bertz CT molecular complexity index is 468. The van der Waals surface area contributed by atoms with E-state index < -0.39 is 5.97 Å². The fourth-order valence-corrected chi connectivity index (χ4v) is 2.48. The van der Waals surface area contributed by atoms with Gasteiger partial charge >= 0.3 is 5.97 Å². The van der Waals surface area contributed by atoms with Crippen molar-refractivity contribution in [3.05, 3.63) is 28.0 Å². The zero-order valence-electron chi connectivity index (χ0n) is 11.0. The number of hydrogen-bond acceptors (Lipinski definition) is 4. The van der Waals surface area contributed by atoms with Gasteiger partial charge in [-0.15, -0.1) is 11.3 Å². The summed E-state index contributed by atoms with van der Waals surface area (Å²) in [4.78, 5) is 25.6. The third-order valence-electron chi connectivity index (χ3n) is 2.50. The summed E-state index contributed by atoms with van der Waals surface area (Å²) >= 11 is 1.55. The van der Waals surface area contributed by atoms with Crippen molar-refractivity contribution in [2.45, 2.75) is 13.0 Å². The SMILES string of the molecule is CNC(=O)CCN(C)Cc1ccc(/C=C/C(=O)O)s1. The lowest BCUT2D eigenvalue weighted by molar-refractivity contribution is -0.131. The first kappa shape index (κ1) is 15.4. The van der Waals surface area contributed by atoms with Crippen LogP contribution in [0.3, 0.4) is 0 Å². The molecule has 1 amide bonds. The minimum Gasteiger partial charge on any atom is -0.478 e. The van der Waals surface area contributed by atoms with Gasteiger partial charge in [0.25, 0.3) is 0 Å². The lowest BCUT2D eigenvalue weighted by Gasteiger charge is -2.14. The van der Waals surface area contributed by atoms with Crippen molar-refractivity contribution >= 4 is 29.3 Å². The number of rotatable bonds is 7. The van der Waals surface area contributed by atoms with E-state index in [9.17, 15) is 9.59 Å². The lowest BCUT2D eigenvalue weighted by atomic mass is 10.3. The van der Waals surface area contributed by atoms with Crippen molar-refractivity contribution < 1.29 is 14.7 Å². The quantitative estimate of drug-likeness (QED) is 0.742. The molecule has 0 fully saturated rings. The van der Waals surface area contributed by atoms with Crippen LogP contribution in [0.15, 0.2) is 18.2 Å². The number of carbonyl (C=O) groups excluding carboxylic acids is 1. The largest absolute Gasteiger partial charge is 0.478 e. The molecule has 104 valence electrons. The molecule has 0 aliphatic rings. The Hall–Kier alpha value is -1.66. The zero-order valence-corrected chi connectivity index (χ0v) is 11.9. The number of amides is 1. The van der Waals surface area contributed by atoms with E-state index in [1.54, 1.807) is 24.5 Å². The maximum atomic E-state index is 11.1. The highest BCUT2D eigenvalue weighted by Gasteiger charge is 2.05. The number of aliphatic carboxylic acids is 1. The van der Waals surface area contributed by atoms with E-state index >= 15 is 0 Å². The van der Waals surface area contributed by atoms with E-state index in [0.717, 1.165) is 22.4 Å². The molecule has 0 aliphatic carbocycles. The van der Waals surface area contributed by atoms with Gasteiger partial charge in [-0.2, -0.15) is 0 Å². The predicted molar refractivity (Wildman–Crippen MR) is 76.0 cm³/mol. The third kappa shape index (κ3) is 6.17. The Labute approximate surface area is 116 Å². The third-order valence-corrected chi connectivity index (χ3v) is 3.53. The summed E-state index contributed by atoms with van der Waals surface area (Å²) in [6.07, 6.45) is 3.19. The van der Waals surface area contributed by atoms with Crippen LogP contribution < -0.4 is 5.32 Å². The van der Waals surface area contributed by atoms with Crippen LogP contribution in [0.5, 0.6) is 0 Å². The van der Waals surface area contributed by atoms with E-state index in [2.05, 4.69) is 10.2 Å². The van der Waals surface area contributed by atoms with Gasteiger partial charge in [-0.3, -0.25) is 4.79 Å². The minimum atomic E-state index is -0.947. The van der Waals surface area contributed by atoms with Gasteiger partial charge in [-0.1, -0.05) is 0 Å². The number of nitrogens with zero attached hydrogens (tertiary/aromatic N) is 1. The highest BCUT2D eigenvalue weighted by Crippen LogP contribution is 2.19. The van der Waals surface area contributed by atoms with Crippen molar-refractivity contribution in [3.63, 3.8) is 0 Å². The molecule has 2 N–H and O–H groups in total. The van der Waals surface area contributed by atoms with Gasteiger partial charge in [-0.25, -0.2) is 4.79 Å². The molecule has 0 aliphatic heterocycles. The molecule has 1 heterocycles.